The summed E-state index contributed by atoms with van der Waals surface area (Å²) in [5.41, 5.74) is 1.55. The van der Waals surface area contributed by atoms with E-state index in [-0.39, 0.29) is 0 Å². The maximum atomic E-state index is 11.1. The van der Waals surface area contributed by atoms with E-state index < -0.39 is 5.97 Å². The Morgan fingerprint density at radius 1 is 1.35 bits per heavy atom. The number of aryl methyl sites for hydroxylation is 1. The monoisotopic (exact) mass is 313 g/mol. The molecule has 1 aromatic heterocycles. The molecule has 0 saturated carbocycles. The lowest BCUT2D eigenvalue weighted by atomic mass is 9.89. The number of aromatic carboxylic acids is 1. The fourth-order valence-electron chi connectivity index (χ4n) is 3.35. The number of hydrogen-bond donors (Lipinski definition) is 1. The molecular formula is C18H23N3O2. The van der Waals surface area contributed by atoms with Gasteiger partial charge in [-0.15, -0.1) is 0 Å². The van der Waals surface area contributed by atoms with Gasteiger partial charge in [-0.25, -0.2) is 9.78 Å². The van der Waals surface area contributed by atoms with Crippen molar-refractivity contribution in [1.29, 1.82) is 0 Å². The van der Waals surface area contributed by atoms with E-state index in [0.29, 0.717) is 11.5 Å². The predicted octanol–water partition coefficient (Wildman–Crippen LogP) is 2.85. The van der Waals surface area contributed by atoms with Gasteiger partial charge in [0.15, 0.2) is 0 Å². The summed E-state index contributed by atoms with van der Waals surface area (Å²) in [6.45, 7) is 4.23. The average Bonchev–Trinajstić information content (AvgIpc) is 3.09. The number of carbonyl (C=O) groups is 1. The van der Waals surface area contributed by atoms with E-state index in [1.54, 1.807) is 6.07 Å². The van der Waals surface area contributed by atoms with Gasteiger partial charge >= 0.3 is 5.97 Å². The van der Waals surface area contributed by atoms with Crippen molar-refractivity contribution in [2.24, 2.45) is 0 Å². The fourth-order valence-corrected chi connectivity index (χ4v) is 3.35. The van der Waals surface area contributed by atoms with Crippen LogP contribution in [0.25, 0.3) is 0 Å². The third-order valence-electron chi connectivity index (χ3n) is 4.56. The lowest BCUT2D eigenvalue weighted by molar-refractivity contribution is 0.0696. The Hall–Kier alpha value is -2.14. The molecule has 5 heteroatoms. The normalized spacial score (nSPS) is 18.9. The minimum atomic E-state index is -0.847. The highest BCUT2D eigenvalue weighted by Crippen LogP contribution is 2.27. The number of carboxylic acids is 1. The second-order valence-corrected chi connectivity index (χ2v) is 6.22. The van der Waals surface area contributed by atoms with E-state index in [1.165, 1.54) is 6.42 Å². The van der Waals surface area contributed by atoms with Gasteiger partial charge in [0.2, 0.25) is 0 Å². The van der Waals surface area contributed by atoms with Crippen LogP contribution in [0.15, 0.2) is 43.0 Å². The van der Waals surface area contributed by atoms with Gasteiger partial charge in [0.05, 0.1) is 11.9 Å². The van der Waals surface area contributed by atoms with Crippen LogP contribution in [0.2, 0.25) is 0 Å². The van der Waals surface area contributed by atoms with Gasteiger partial charge in [-0.1, -0.05) is 12.1 Å². The first-order valence-corrected chi connectivity index (χ1v) is 8.24. The standard InChI is InChI=1S/C18H23N3O2/c22-18(23)16-5-1-4-15(12-16)17-6-2-8-20(13-17)9-3-10-21-11-7-19-14-21/h1,4-5,7,11-12,14,17H,2-3,6,8-10,13H2,(H,22,23)/t17-/m0/s1. The number of aromatic nitrogens is 2. The van der Waals surface area contributed by atoms with Gasteiger partial charge in [-0.3, -0.25) is 0 Å². The van der Waals surface area contributed by atoms with Crippen molar-refractivity contribution in [3.8, 4) is 0 Å². The molecule has 1 aliphatic rings. The minimum Gasteiger partial charge on any atom is -0.478 e. The zero-order valence-corrected chi connectivity index (χ0v) is 13.3. The number of nitrogens with zero attached hydrogens (tertiary/aromatic N) is 3. The van der Waals surface area contributed by atoms with Gasteiger partial charge in [-0.2, -0.15) is 0 Å². The quantitative estimate of drug-likeness (QED) is 0.891. The molecule has 1 aliphatic heterocycles. The van der Waals surface area contributed by atoms with E-state index in [1.807, 2.05) is 30.9 Å². The molecule has 122 valence electrons. The van der Waals surface area contributed by atoms with E-state index in [9.17, 15) is 4.79 Å². The molecule has 1 saturated heterocycles. The smallest absolute Gasteiger partial charge is 0.335 e. The van der Waals surface area contributed by atoms with E-state index in [2.05, 4.69) is 20.5 Å². The molecule has 0 bridgehead atoms. The summed E-state index contributed by atoms with van der Waals surface area (Å²) in [5, 5.41) is 9.15. The van der Waals surface area contributed by atoms with Crippen LogP contribution in [0.5, 0.6) is 0 Å². The molecule has 23 heavy (non-hydrogen) atoms. The largest absolute Gasteiger partial charge is 0.478 e. The first-order valence-electron chi connectivity index (χ1n) is 8.24. The van der Waals surface area contributed by atoms with Crippen LogP contribution >= 0.6 is 0 Å². The van der Waals surface area contributed by atoms with Crippen molar-refractivity contribution in [2.75, 3.05) is 19.6 Å². The number of likely N-dealkylation sites (tertiary alicyclic amines) is 1. The van der Waals surface area contributed by atoms with Gasteiger partial charge in [-0.05, 0) is 56.0 Å². The molecule has 0 amide bonds. The van der Waals surface area contributed by atoms with Gasteiger partial charge < -0.3 is 14.6 Å². The number of rotatable bonds is 6. The van der Waals surface area contributed by atoms with Crippen molar-refractivity contribution in [3.05, 3.63) is 54.1 Å². The Balaban J connectivity index is 1.55. The van der Waals surface area contributed by atoms with Crippen LogP contribution in [-0.2, 0) is 6.54 Å². The van der Waals surface area contributed by atoms with Crippen LogP contribution in [0, 0.1) is 0 Å². The highest BCUT2D eigenvalue weighted by molar-refractivity contribution is 5.87. The van der Waals surface area contributed by atoms with Crippen LogP contribution in [0.1, 0.15) is 41.1 Å². The Bertz CT molecular complexity index is 639. The Morgan fingerprint density at radius 2 is 2.26 bits per heavy atom. The zero-order chi connectivity index (χ0) is 16.1. The number of benzene rings is 1. The first kappa shape index (κ1) is 15.7. The maximum Gasteiger partial charge on any atom is 0.335 e. The molecule has 1 fully saturated rings. The topological polar surface area (TPSA) is 58.4 Å². The number of imidazole rings is 1. The van der Waals surface area contributed by atoms with E-state index in [0.717, 1.165) is 44.6 Å². The van der Waals surface area contributed by atoms with Crippen molar-refractivity contribution >= 4 is 5.97 Å². The molecule has 1 atom stereocenters. The lowest BCUT2D eigenvalue weighted by Gasteiger charge is -2.33. The number of piperidine rings is 1. The SMILES string of the molecule is O=C(O)c1cccc([C@H]2CCCN(CCCn3ccnc3)C2)c1. The van der Waals surface area contributed by atoms with Crippen molar-refractivity contribution in [2.45, 2.75) is 31.7 Å². The van der Waals surface area contributed by atoms with Gasteiger partial charge in [0.1, 0.15) is 0 Å². The Morgan fingerprint density at radius 3 is 3.04 bits per heavy atom. The summed E-state index contributed by atoms with van der Waals surface area (Å²) in [6.07, 6.45) is 9.09. The van der Waals surface area contributed by atoms with Crippen molar-refractivity contribution in [1.82, 2.24) is 14.5 Å². The summed E-state index contributed by atoms with van der Waals surface area (Å²) in [7, 11) is 0. The average molecular weight is 313 g/mol. The molecule has 1 aromatic carbocycles. The minimum absolute atomic E-state index is 0.389. The molecule has 1 N–H and O–H groups in total. The molecule has 0 aliphatic carbocycles. The second-order valence-electron chi connectivity index (χ2n) is 6.22. The van der Waals surface area contributed by atoms with Crippen LogP contribution in [-0.4, -0.2) is 45.2 Å². The molecule has 3 rings (SSSR count). The van der Waals surface area contributed by atoms with E-state index in [4.69, 9.17) is 5.11 Å². The first-order chi connectivity index (χ1) is 11.2. The van der Waals surface area contributed by atoms with Crippen molar-refractivity contribution in [3.63, 3.8) is 0 Å². The van der Waals surface area contributed by atoms with Crippen molar-refractivity contribution < 1.29 is 9.90 Å². The van der Waals surface area contributed by atoms with Crippen LogP contribution in [0.4, 0.5) is 0 Å². The third kappa shape index (κ3) is 4.20. The Labute approximate surface area is 136 Å². The number of hydrogen-bond acceptors (Lipinski definition) is 3. The van der Waals surface area contributed by atoms with Gasteiger partial charge in [0.25, 0.3) is 0 Å². The third-order valence-corrected chi connectivity index (χ3v) is 4.56. The summed E-state index contributed by atoms with van der Waals surface area (Å²) < 4.78 is 2.11. The lowest BCUT2D eigenvalue weighted by Crippen LogP contribution is -2.35. The maximum absolute atomic E-state index is 11.1. The predicted molar refractivity (Wildman–Crippen MR) is 88.7 cm³/mol. The second kappa shape index (κ2) is 7.42. The summed E-state index contributed by atoms with van der Waals surface area (Å²) in [5.74, 6) is -0.406. The van der Waals surface area contributed by atoms with Crippen LogP contribution < -0.4 is 0 Å². The fraction of sp³-hybridized carbons (Fsp3) is 0.444. The molecule has 0 unspecified atom stereocenters. The summed E-state index contributed by atoms with van der Waals surface area (Å²) >= 11 is 0. The van der Waals surface area contributed by atoms with E-state index >= 15 is 0 Å². The molecule has 0 radical (unpaired) electrons. The number of carboxylic acid groups (broad SMARTS) is 1. The summed E-state index contributed by atoms with van der Waals surface area (Å²) in [4.78, 5) is 17.7. The molecular weight excluding hydrogens is 290 g/mol. The molecule has 2 aromatic rings. The highest BCUT2D eigenvalue weighted by atomic mass is 16.4. The Kier molecular flexibility index (Phi) is 5.08. The molecule has 0 spiro atoms. The molecule has 5 nitrogen and oxygen atoms in total. The molecule has 2 heterocycles. The highest BCUT2D eigenvalue weighted by Gasteiger charge is 2.21. The van der Waals surface area contributed by atoms with Crippen LogP contribution in [0.3, 0.4) is 0 Å². The van der Waals surface area contributed by atoms with Gasteiger partial charge in [0, 0.05) is 25.5 Å². The summed E-state index contributed by atoms with van der Waals surface area (Å²) in [6, 6.07) is 7.42. The zero-order valence-electron chi connectivity index (χ0n) is 13.3.